The minimum absolute atomic E-state index is 0.897. The van der Waals surface area contributed by atoms with Gasteiger partial charge in [0.25, 0.3) is 0 Å². The zero-order chi connectivity index (χ0) is 49.8. The van der Waals surface area contributed by atoms with Crippen LogP contribution in [0.4, 0.5) is 0 Å². The van der Waals surface area contributed by atoms with Gasteiger partial charge in [0.05, 0.1) is 55.8 Å². The fraction of sp³-hybridized carbons (Fsp3) is 0. The van der Waals surface area contributed by atoms with Crippen LogP contribution in [0, 0.1) is 0 Å². The van der Waals surface area contributed by atoms with E-state index in [0.29, 0.717) is 0 Å². The van der Waals surface area contributed by atoms with Gasteiger partial charge in [-0.1, -0.05) is 164 Å². The van der Waals surface area contributed by atoms with Crippen molar-refractivity contribution in [3.8, 4) is 56.1 Å². The molecule has 0 N–H and O–H groups in total. The number of fused-ring (bicyclic) bond motifs is 12. The molecule has 6 nitrogen and oxygen atoms in total. The van der Waals surface area contributed by atoms with Gasteiger partial charge in [0, 0.05) is 66.6 Å². The Morgan fingerprint density at radius 3 is 0.934 bits per heavy atom. The standard InChI is InChI=1S/C70H44N6/c1-11-34-62-48(20-1)49-21-2-12-35-63(49)75(62)66-38-15-5-24-52(66)56-28-17-29-57(53-25-6-16-39-67(53)76-64-36-13-3-22-50(64)51-23-4-14-37-65(51)76)68(56)45-42-46(73-60-32-9-7-26-54(60)58-30-18-40-71-69(58)73)44-47(43-45)74-61-33-10-8-27-55(61)59-31-19-41-72-70(59)74/h1-44H. The maximum absolute atomic E-state index is 5.14. The van der Waals surface area contributed by atoms with E-state index in [0.717, 1.165) is 122 Å². The van der Waals surface area contributed by atoms with Gasteiger partial charge < -0.3 is 9.13 Å². The van der Waals surface area contributed by atoms with Crippen molar-refractivity contribution in [2.75, 3.05) is 0 Å². The molecule has 16 aromatic rings. The molecule has 0 amide bonds. The van der Waals surface area contributed by atoms with E-state index in [1.165, 1.54) is 21.5 Å². The van der Waals surface area contributed by atoms with Crippen LogP contribution >= 0.6 is 0 Å². The van der Waals surface area contributed by atoms with E-state index in [1.807, 2.05) is 24.5 Å². The summed E-state index contributed by atoms with van der Waals surface area (Å²) in [5.74, 6) is 0. The van der Waals surface area contributed by atoms with Gasteiger partial charge in [-0.2, -0.15) is 0 Å². The van der Waals surface area contributed by atoms with Crippen LogP contribution in [-0.2, 0) is 0 Å². The number of aromatic nitrogens is 6. The van der Waals surface area contributed by atoms with Crippen molar-refractivity contribution < 1.29 is 0 Å². The Kier molecular flexibility index (Phi) is 9.23. The number of hydrogen-bond donors (Lipinski definition) is 0. The Morgan fingerprint density at radius 1 is 0.237 bits per heavy atom. The van der Waals surface area contributed by atoms with Crippen molar-refractivity contribution >= 4 is 87.5 Å². The lowest BCUT2D eigenvalue weighted by Gasteiger charge is -2.23. The molecule has 0 fully saturated rings. The van der Waals surface area contributed by atoms with Crippen molar-refractivity contribution in [2.24, 2.45) is 0 Å². The number of rotatable bonds is 7. The summed E-state index contributed by atoms with van der Waals surface area (Å²) in [6, 6.07) is 92.9. The lowest BCUT2D eigenvalue weighted by Crippen LogP contribution is -2.03. The third-order valence-electron chi connectivity index (χ3n) is 15.7. The Labute approximate surface area is 436 Å². The summed E-state index contributed by atoms with van der Waals surface area (Å²) in [7, 11) is 0. The first kappa shape index (κ1) is 42.2. The van der Waals surface area contributed by atoms with Crippen molar-refractivity contribution in [1.82, 2.24) is 28.2 Å². The van der Waals surface area contributed by atoms with Crippen LogP contribution in [0.25, 0.3) is 144 Å². The molecule has 10 aromatic carbocycles. The number of nitrogens with zero attached hydrogens (tertiary/aromatic N) is 6. The molecule has 6 aromatic heterocycles. The average molecular weight is 969 g/mol. The SMILES string of the molecule is c1ccc(-n2c3ccccc3c3ccccc32)c(-c2cccc(-c3ccccc3-n3c4ccccc4c4ccccc43)c2-c2cc(-n3c4ccccc4c4cccnc43)cc(-n3c4ccccc4c4cccnc43)c2)c1. The number of benzene rings is 10. The molecule has 16 rings (SSSR count). The Hall–Kier alpha value is -10.3. The lowest BCUT2D eigenvalue weighted by atomic mass is 9.86. The largest absolute Gasteiger partial charge is 0.309 e. The van der Waals surface area contributed by atoms with Crippen molar-refractivity contribution in [3.63, 3.8) is 0 Å². The highest BCUT2D eigenvalue weighted by atomic mass is 15.1. The molecule has 0 bridgehead atoms. The highest BCUT2D eigenvalue weighted by Gasteiger charge is 2.25. The van der Waals surface area contributed by atoms with Crippen molar-refractivity contribution in [3.05, 3.63) is 267 Å². The van der Waals surface area contributed by atoms with E-state index in [4.69, 9.17) is 9.97 Å². The zero-order valence-corrected chi connectivity index (χ0v) is 41.1. The third kappa shape index (κ3) is 6.16. The van der Waals surface area contributed by atoms with Crippen LogP contribution in [0.5, 0.6) is 0 Å². The minimum atomic E-state index is 0.897. The smallest absolute Gasteiger partial charge is 0.145 e. The van der Waals surface area contributed by atoms with E-state index < -0.39 is 0 Å². The summed E-state index contributed by atoms with van der Waals surface area (Å²) in [6.07, 6.45) is 3.81. The monoisotopic (exact) mass is 968 g/mol. The fourth-order valence-electron chi connectivity index (χ4n) is 12.6. The van der Waals surface area contributed by atoms with Crippen LogP contribution in [-0.4, -0.2) is 28.2 Å². The first-order valence-electron chi connectivity index (χ1n) is 25.9. The van der Waals surface area contributed by atoms with Gasteiger partial charge in [0.1, 0.15) is 11.3 Å². The normalized spacial score (nSPS) is 11.9. The Morgan fingerprint density at radius 2 is 0.539 bits per heavy atom. The summed E-state index contributed by atoms with van der Waals surface area (Å²) in [6.45, 7) is 0. The molecule has 0 atom stereocenters. The van der Waals surface area contributed by atoms with Gasteiger partial charge in [0.2, 0.25) is 0 Å². The summed E-state index contributed by atoms with van der Waals surface area (Å²) in [5, 5.41) is 9.39. The van der Waals surface area contributed by atoms with Crippen LogP contribution in [0.2, 0.25) is 0 Å². The summed E-state index contributed by atoms with van der Waals surface area (Å²) in [5.41, 5.74) is 19.4. The average Bonchev–Trinajstić information content (AvgIpc) is 4.35. The van der Waals surface area contributed by atoms with Gasteiger partial charge in [-0.3, -0.25) is 9.13 Å². The van der Waals surface area contributed by atoms with Gasteiger partial charge in [-0.05, 0) is 113 Å². The predicted molar refractivity (Wildman–Crippen MR) is 316 cm³/mol. The molecule has 76 heavy (non-hydrogen) atoms. The Bertz CT molecular complexity index is 4500. The van der Waals surface area contributed by atoms with Gasteiger partial charge in [-0.15, -0.1) is 0 Å². The molecule has 0 radical (unpaired) electrons. The molecule has 0 spiro atoms. The maximum Gasteiger partial charge on any atom is 0.145 e. The molecule has 0 saturated heterocycles. The molecule has 6 heterocycles. The van der Waals surface area contributed by atoms with Crippen LogP contribution in [0.3, 0.4) is 0 Å². The summed E-state index contributed by atoms with van der Waals surface area (Å²) >= 11 is 0. The Balaban J connectivity index is 1.07. The topological polar surface area (TPSA) is 45.5 Å². The van der Waals surface area contributed by atoms with Crippen LogP contribution < -0.4 is 0 Å². The number of pyridine rings is 2. The molecule has 0 aliphatic carbocycles. The van der Waals surface area contributed by atoms with Crippen molar-refractivity contribution in [2.45, 2.75) is 0 Å². The number of hydrogen-bond acceptors (Lipinski definition) is 2. The fourth-order valence-corrected chi connectivity index (χ4v) is 12.6. The van der Waals surface area contributed by atoms with Gasteiger partial charge >= 0.3 is 0 Å². The molecular formula is C70H44N6. The minimum Gasteiger partial charge on any atom is -0.309 e. The van der Waals surface area contributed by atoms with E-state index in [-0.39, 0.29) is 0 Å². The third-order valence-corrected chi connectivity index (χ3v) is 15.7. The molecule has 354 valence electrons. The van der Waals surface area contributed by atoms with Crippen LogP contribution in [0.15, 0.2) is 267 Å². The summed E-state index contributed by atoms with van der Waals surface area (Å²) in [4.78, 5) is 10.3. The molecule has 0 aliphatic rings. The highest BCUT2D eigenvalue weighted by molar-refractivity contribution is 6.13. The van der Waals surface area contributed by atoms with E-state index in [2.05, 4.69) is 261 Å². The number of para-hydroxylation sites is 8. The summed E-state index contributed by atoms with van der Waals surface area (Å²) < 4.78 is 9.61. The predicted octanol–water partition coefficient (Wildman–Crippen LogP) is 17.9. The quantitative estimate of drug-likeness (QED) is 0.160. The molecule has 0 saturated carbocycles. The second-order valence-corrected chi connectivity index (χ2v) is 19.7. The van der Waals surface area contributed by atoms with Crippen LogP contribution in [0.1, 0.15) is 0 Å². The first-order valence-corrected chi connectivity index (χ1v) is 25.9. The van der Waals surface area contributed by atoms with Gasteiger partial charge in [-0.25, -0.2) is 9.97 Å². The second kappa shape index (κ2) is 16.6. The molecule has 0 unspecified atom stereocenters. The first-order chi connectivity index (χ1) is 37.8. The van der Waals surface area contributed by atoms with Gasteiger partial charge in [0.15, 0.2) is 0 Å². The van der Waals surface area contributed by atoms with Crippen molar-refractivity contribution in [1.29, 1.82) is 0 Å². The van der Waals surface area contributed by atoms with E-state index in [1.54, 1.807) is 0 Å². The second-order valence-electron chi connectivity index (χ2n) is 19.7. The van der Waals surface area contributed by atoms with E-state index in [9.17, 15) is 0 Å². The highest BCUT2D eigenvalue weighted by Crippen LogP contribution is 2.48. The van der Waals surface area contributed by atoms with E-state index >= 15 is 0 Å². The maximum atomic E-state index is 5.14. The molecule has 6 heteroatoms. The molecular weight excluding hydrogens is 925 g/mol. The molecule has 0 aliphatic heterocycles. The zero-order valence-electron chi connectivity index (χ0n) is 41.1. The lowest BCUT2D eigenvalue weighted by molar-refractivity contribution is 1.10.